The Balaban J connectivity index is 2.16. The molecule has 4 heteroatoms. The molecule has 19 heavy (non-hydrogen) atoms. The van der Waals surface area contributed by atoms with Gasteiger partial charge in [0.05, 0.1) is 0 Å². The van der Waals surface area contributed by atoms with Crippen LogP contribution in [0.1, 0.15) is 32.8 Å². The van der Waals surface area contributed by atoms with E-state index in [1.165, 1.54) is 5.56 Å². The van der Waals surface area contributed by atoms with Crippen LogP contribution in [0.25, 0.3) is 0 Å². The number of hydrogen-bond donors (Lipinski definition) is 1. The van der Waals surface area contributed by atoms with Crippen LogP contribution in [-0.2, 0) is 11.2 Å². The molecule has 0 fully saturated rings. The maximum atomic E-state index is 12.0. The van der Waals surface area contributed by atoms with E-state index in [4.69, 9.17) is 12.2 Å². The van der Waals surface area contributed by atoms with Crippen molar-refractivity contribution in [1.29, 1.82) is 0 Å². The highest BCUT2D eigenvalue weighted by Gasteiger charge is 2.25. The Morgan fingerprint density at radius 1 is 1.32 bits per heavy atom. The number of para-hydroxylation sites is 1. The lowest BCUT2D eigenvalue weighted by Crippen LogP contribution is -2.48. The van der Waals surface area contributed by atoms with Crippen LogP contribution in [0.5, 0.6) is 0 Å². The summed E-state index contributed by atoms with van der Waals surface area (Å²) in [6, 6.07) is 8.23. The van der Waals surface area contributed by atoms with Gasteiger partial charge in [0.15, 0.2) is 5.11 Å². The van der Waals surface area contributed by atoms with Gasteiger partial charge in [0, 0.05) is 17.6 Å². The average molecular weight is 276 g/mol. The number of nitrogens with one attached hydrogen (secondary N) is 1. The molecule has 0 spiro atoms. The van der Waals surface area contributed by atoms with Gasteiger partial charge in [-0.15, -0.1) is 0 Å². The molecule has 0 aromatic heterocycles. The van der Waals surface area contributed by atoms with E-state index in [1.807, 2.05) is 37.8 Å². The number of benzene rings is 1. The van der Waals surface area contributed by atoms with Gasteiger partial charge in [-0.2, -0.15) is 0 Å². The van der Waals surface area contributed by atoms with Crippen molar-refractivity contribution in [3.63, 3.8) is 0 Å². The minimum atomic E-state index is -0.431. The summed E-state index contributed by atoms with van der Waals surface area (Å²) in [6.07, 6.45) is 2.13. The zero-order chi connectivity index (χ0) is 14.0. The van der Waals surface area contributed by atoms with Gasteiger partial charge in [-0.05, 0) is 36.7 Å². The lowest BCUT2D eigenvalue weighted by molar-refractivity contribution is -0.126. The first kappa shape index (κ1) is 14.0. The van der Waals surface area contributed by atoms with E-state index < -0.39 is 5.41 Å². The molecular formula is C15H20N2OS. The second kappa shape index (κ2) is 5.29. The molecule has 1 aliphatic rings. The number of fused-ring (bicyclic) bond motifs is 1. The van der Waals surface area contributed by atoms with E-state index >= 15 is 0 Å². The standard InChI is InChI=1S/C15H20N2OS/c1-15(2,3)13(18)16-14(19)17-10-6-8-11-7-4-5-9-12(11)17/h4-5,7,9H,6,8,10H2,1-3H3,(H,16,18,19). The first-order chi connectivity index (χ1) is 8.89. The Labute approximate surface area is 120 Å². The van der Waals surface area contributed by atoms with E-state index in [1.54, 1.807) is 0 Å². The predicted octanol–water partition coefficient (Wildman–Crippen LogP) is 2.89. The summed E-state index contributed by atoms with van der Waals surface area (Å²) in [5.41, 5.74) is 1.98. The Bertz CT molecular complexity index is 505. The zero-order valence-corrected chi connectivity index (χ0v) is 12.5. The van der Waals surface area contributed by atoms with Crippen LogP contribution in [0.2, 0.25) is 0 Å². The van der Waals surface area contributed by atoms with Crippen molar-refractivity contribution in [2.24, 2.45) is 5.41 Å². The lowest BCUT2D eigenvalue weighted by Gasteiger charge is -2.32. The average Bonchev–Trinajstić information content (AvgIpc) is 2.36. The molecule has 0 radical (unpaired) electrons. The van der Waals surface area contributed by atoms with Crippen LogP contribution in [0, 0.1) is 5.41 Å². The molecule has 0 saturated heterocycles. The molecule has 0 unspecified atom stereocenters. The Kier molecular flexibility index (Phi) is 3.90. The maximum Gasteiger partial charge on any atom is 0.231 e. The molecule has 1 N–H and O–H groups in total. The molecular weight excluding hydrogens is 256 g/mol. The van der Waals surface area contributed by atoms with Gasteiger partial charge in [-0.1, -0.05) is 39.0 Å². The molecule has 1 amide bonds. The van der Waals surface area contributed by atoms with Gasteiger partial charge in [0.2, 0.25) is 5.91 Å². The third kappa shape index (κ3) is 3.13. The molecule has 0 aliphatic carbocycles. The molecule has 1 heterocycles. The molecule has 1 aromatic carbocycles. The van der Waals surface area contributed by atoms with E-state index in [0.717, 1.165) is 25.1 Å². The fourth-order valence-electron chi connectivity index (χ4n) is 2.10. The van der Waals surface area contributed by atoms with Crippen molar-refractivity contribution in [3.8, 4) is 0 Å². The van der Waals surface area contributed by atoms with Crippen LogP contribution in [-0.4, -0.2) is 17.6 Å². The third-order valence-electron chi connectivity index (χ3n) is 3.26. The van der Waals surface area contributed by atoms with Crippen molar-refractivity contribution in [3.05, 3.63) is 29.8 Å². The largest absolute Gasteiger partial charge is 0.318 e. The number of hydrogen-bond acceptors (Lipinski definition) is 2. The van der Waals surface area contributed by atoms with Gasteiger partial charge < -0.3 is 10.2 Å². The minimum absolute atomic E-state index is 0.0412. The van der Waals surface area contributed by atoms with Gasteiger partial charge in [0.1, 0.15) is 0 Å². The van der Waals surface area contributed by atoms with E-state index in [2.05, 4.69) is 17.4 Å². The molecule has 0 saturated carbocycles. The summed E-state index contributed by atoms with van der Waals surface area (Å²) in [4.78, 5) is 14.0. The van der Waals surface area contributed by atoms with Crippen molar-refractivity contribution in [2.45, 2.75) is 33.6 Å². The summed E-state index contributed by atoms with van der Waals surface area (Å²) in [7, 11) is 0. The summed E-state index contributed by atoms with van der Waals surface area (Å²) < 4.78 is 0. The van der Waals surface area contributed by atoms with E-state index in [0.29, 0.717) is 5.11 Å². The van der Waals surface area contributed by atoms with E-state index in [-0.39, 0.29) is 5.91 Å². The summed E-state index contributed by atoms with van der Waals surface area (Å²) in [6.45, 7) is 6.51. The van der Waals surface area contributed by atoms with Crippen LogP contribution < -0.4 is 10.2 Å². The second-order valence-electron chi connectivity index (χ2n) is 5.89. The number of thiocarbonyl (C=S) groups is 1. The van der Waals surface area contributed by atoms with Gasteiger partial charge in [-0.25, -0.2) is 0 Å². The first-order valence-corrected chi connectivity index (χ1v) is 7.01. The molecule has 2 rings (SSSR count). The molecule has 0 bridgehead atoms. The third-order valence-corrected chi connectivity index (χ3v) is 3.58. The number of anilines is 1. The SMILES string of the molecule is CC(C)(C)C(=O)NC(=S)N1CCCc2ccccc21. The monoisotopic (exact) mass is 276 g/mol. The van der Waals surface area contributed by atoms with Crippen molar-refractivity contribution >= 4 is 28.9 Å². The number of amides is 1. The molecule has 1 aromatic rings. The molecule has 0 atom stereocenters. The predicted molar refractivity (Wildman–Crippen MR) is 82.3 cm³/mol. The Morgan fingerprint density at radius 2 is 2.00 bits per heavy atom. The fourth-order valence-corrected chi connectivity index (χ4v) is 2.38. The summed E-state index contributed by atoms with van der Waals surface area (Å²) in [5.74, 6) is -0.0412. The van der Waals surface area contributed by atoms with Gasteiger partial charge >= 0.3 is 0 Å². The van der Waals surface area contributed by atoms with Crippen LogP contribution >= 0.6 is 12.2 Å². The number of carbonyl (C=O) groups is 1. The van der Waals surface area contributed by atoms with Crippen molar-refractivity contribution in [2.75, 3.05) is 11.4 Å². The normalized spacial score (nSPS) is 14.8. The fraction of sp³-hybridized carbons (Fsp3) is 0.467. The highest BCUT2D eigenvalue weighted by atomic mass is 32.1. The second-order valence-corrected chi connectivity index (χ2v) is 6.28. The zero-order valence-electron chi connectivity index (χ0n) is 11.7. The van der Waals surface area contributed by atoms with E-state index in [9.17, 15) is 4.79 Å². The number of nitrogens with zero attached hydrogens (tertiary/aromatic N) is 1. The first-order valence-electron chi connectivity index (χ1n) is 6.60. The topological polar surface area (TPSA) is 32.3 Å². The highest BCUT2D eigenvalue weighted by molar-refractivity contribution is 7.80. The van der Waals surface area contributed by atoms with Gasteiger partial charge in [-0.3, -0.25) is 4.79 Å². The van der Waals surface area contributed by atoms with Crippen molar-refractivity contribution in [1.82, 2.24) is 5.32 Å². The van der Waals surface area contributed by atoms with Crippen molar-refractivity contribution < 1.29 is 4.79 Å². The quantitative estimate of drug-likeness (QED) is 0.740. The lowest BCUT2D eigenvalue weighted by atomic mass is 9.96. The summed E-state index contributed by atoms with van der Waals surface area (Å²) in [5, 5.41) is 3.36. The summed E-state index contributed by atoms with van der Waals surface area (Å²) >= 11 is 5.39. The minimum Gasteiger partial charge on any atom is -0.318 e. The Morgan fingerprint density at radius 3 is 2.68 bits per heavy atom. The van der Waals surface area contributed by atoms with Gasteiger partial charge in [0.25, 0.3) is 0 Å². The number of aryl methyl sites for hydroxylation is 1. The van der Waals surface area contributed by atoms with Crippen LogP contribution in [0.4, 0.5) is 5.69 Å². The number of rotatable bonds is 0. The molecule has 102 valence electrons. The number of carbonyl (C=O) groups excluding carboxylic acids is 1. The smallest absolute Gasteiger partial charge is 0.231 e. The Hall–Kier alpha value is -1.42. The van der Waals surface area contributed by atoms with Crippen LogP contribution in [0.15, 0.2) is 24.3 Å². The molecule has 1 aliphatic heterocycles. The highest BCUT2D eigenvalue weighted by Crippen LogP contribution is 2.26. The van der Waals surface area contributed by atoms with Crippen LogP contribution in [0.3, 0.4) is 0 Å². The molecule has 3 nitrogen and oxygen atoms in total. The maximum absolute atomic E-state index is 12.0.